The normalized spacial score (nSPS) is 10.6. The summed E-state index contributed by atoms with van der Waals surface area (Å²) in [6.45, 7) is 1.62. The van der Waals surface area contributed by atoms with Crippen molar-refractivity contribution in [1.29, 1.82) is 0 Å². The number of benzene rings is 2. The van der Waals surface area contributed by atoms with Gasteiger partial charge in [0.1, 0.15) is 0 Å². The lowest BCUT2D eigenvalue weighted by atomic mass is 10.1. The van der Waals surface area contributed by atoms with E-state index in [0.717, 1.165) is 0 Å². The fraction of sp³-hybridized carbons (Fsp3) is 0.125. The Labute approximate surface area is 142 Å². The van der Waals surface area contributed by atoms with E-state index in [1.807, 2.05) is 0 Å². The highest BCUT2D eigenvalue weighted by atomic mass is 16.6. The molecule has 2 aromatic rings. The van der Waals surface area contributed by atoms with Gasteiger partial charge in [0.15, 0.2) is 0 Å². The number of amides is 1. The molecule has 0 bridgehead atoms. The molecule has 0 spiro atoms. The summed E-state index contributed by atoms with van der Waals surface area (Å²) >= 11 is 0. The summed E-state index contributed by atoms with van der Waals surface area (Å²) in [5.74, 6) is -0.535. The smallest absolute Gasteiger partial charge is 0.273 e. The van der Waals surface area contributed by atoms with Crippen molar-refractivity contribution in [3.63, 3.8) is 0 Å². The number of hydrogen-bond acceptors (Lipinski definition) is 6. The van der Waals surface area contributed by atoms with Crippen LogP contribution in [0.4, 0.5) is 11.4 Å². The number of carbonyl (C=O) groups is 1. The highest BCUT2D eigenvalue weighted by Gasteiger charge is 2.15. The lowest BCUT2D eigenvalue weighted by Crippen LogP contribution is -2.20. The zero-order chi connectivity index (χ0) is 18.4. The summed E-state index contributed by atoms with van der Waals surface area (Å²) < 4.78 is 0. The average molecular weight is 342 g/mol. The molecule has 2 aromatic carbocycles. The average Bonchev–Trinajstić information content (AvgIpc) is 2.56. The molecule has 1 amide bonds. The summed E-state index contributed by atoms with van der Waals surface area (Å²) in [5.41, 5.74) is 3.29. The minimum atomic E-state index is -0.558. The molecule has 25 heavy (non-hydrogen) atoms. The lowest BCUT2D eigenvalue weighted by molar-refractivity contribution is -0.385. The van der Waals surface area contributed by atoms with Crippen molar-refractivity contribution < 1.29 is 14.6 Å². The summed E-state index contributed by atoms with van der Waals surface area (Å²) in [6.07, 6.45) is 1.06. The standard InChI is InChI=1S/C16H14N4O5/c1-11-6-7-12(8-15(11)20(24)25)10-17-18-16(21)9-13-4-2-3-5-14(13)19(22)23/h2-8,10H,9H2,1H3,(H,18,21)/b17-10+. The van der Waals surface area contributed by atoms with Crippen molar-refractivity contribution in [1.82, 2.24) is 5.43 Å². The second kappa shape index (κ2) is 7.77. The van der Waals surface area contributed by atoms with E-state index in [1.165, 1.54) is 30.5 Å². The van der Waals surface area contributed by atoms with E-state index in [1.54, 1.807) is 25.1 Å². The van der Waals surface area contributed by atoms with Crippen molar-refractivity contribution in [2.24, 2.45) is 5.10 Å². The number of nitro groups is 2. The largest absolute Gasteiger partial charge is 0.273 e. The van der Waals surface area contributed by atoms with Crippen LogP contribution in [-0.4, -0.2) is 22.0 Å². The summed E-state index contributed by atoms with van der Waals surface area (Å²) in [5, 5.41) is 25.5. The molecule has 0 aromatic heterocycles. The summed E-state index contributed by atoms with van der Waals surface area (Å²) in [4.78, 5) is 32.6. The maximum atomic E-state index is 11.9. The van der Waals surface area contributed by atoms with Gasteiger partial charge in [0.25, 0.3) is 11.4 Å². The van der Waals surface area contributed by atoms with Gasteiger partial charge in [-0.1, -0.05) is 30.3 Å². The molecule has 2 rings (SSSR count). The Balaban J connectivity index is 2.03. The SMILES string of the molecule is Cc1ccc(/C=N/NC(=O)Cc2ccccc2[N+](=O)[O-])cc1[N+](=O)[O-]. The Morgan fingerprint density at radius 2 is 1.80 bits per heavy atom. The van der Waals surface area contributed by atoms with Gasteiger partial charge < -0.3 is 0 Å². The molecule has 0 heterocycles. The fourth-order valence-electron chi connectivity index (χ4n) is 2.13. The third-order valence-corrected chi connectivity index (χ3v) is 3.37. The van der Waals surface area contributed by atoms with Crippen LogP contribution in [0.5, 0.6) is 0 Å². The third-order valence-electron chi connectivity index (χ3n) is 3.37. The van der Waals surface area contributed by atoms with E-state index < -0.39 is 15.8 Å². The Kier molecular flexibility index (Phi) is 5.51. The lowest BCUT2D eigenvalue weighted by Gasteiger charge is -2.02. The molecule has 0 saturated carbocycles. The summed E-state index contributed by atoms with van der Waals surface area (Å²) in [6, 6.07) is 10.5. The zero-order valence-electron chi connectivity index (χ0n) is 13.2. The topological polar surface area (TPSA) is 128 Å². The van der Waals surface area contributed by atoms with Crippen molar-refractivity contribution in [2.75, 3.05) is 0 Å². The molecule has 0 aliphatic rings. The Morgan fingerprint density at radius 3 is 2.48 bits per heavy atom. The van der Waals surface area contributed by atoms with Crippen molar-refractivity contribution in [2.45, 2.75) is 13.3 Å². The maximum Gasteiger partial charge on any atom is 0.273 e. The van der Waals surface area contributed by atoms with Crippen molar-refractivity contribution >= 4 is 23.5 Å². The van der Waals surface area contributed by atoms with Gasteiger partial charge in [0.05, 0.1) is 22.5 Å². The third kappa shape index (κ3) is 4.67. The number of rotatable bonds is 6. The number of hydrogen-bond donors (Lipinski definition) is 1. The van der Waals surface area contributed by atoms with Crippen LogP contribution in [0.15, 0.2) is 47.6 Å². The van der Waals surface area contributed by atoms with Crippen LogP contribution in [0, 0.1) is 27.2 Å². The van der Waals surface area contributed by atoms with Crippen LogP contribution in [0.1, 0.15) is 16.7 Å². The van der Waals surface area contributed by atoms with Crippen LogP contribution >= 0.6 is 0 Å². The molecule has 0 aliphatic heterocycles. The van der Waals surface area contributed by atoms with Gasteiger partial charge in [-0.2, -0.15) is 5.10 Å². The van der Waals surface area contributed by atoms with E-state index in [-0.39, 0.29) is 23.4 Å². The highest BCUT2D eigenvalue weighted by molar-refractivity contribution is 5.84. The van der Waals surface area contributed by atoms with Crippen LogP contribution < -0.4 is 5.43 Å². The van der Waals surface area contributed by atoms with E-state index in [0.29, 0.717) is 11.1 Å². The van der Waals surface area contributed by atoms with E-state index >= 15 is 0 Å². The molecule has 0 atom stereocenters. The minimum Gasteiger partial charge on any atom is -0.273 e. The van der Waals surface area contributed by atoms with Crippen LogP contribution in [0.2, 0.25) is 0 Å². The van der Waals surface area contributed by atoms with Gasteiger partial charge >= 0.3 is 0 Å². The van der Waals surface area contributed by atoms with Crippen LogP contribution in [0.25, 0.3) is 0 Å². The Hall–Kier alpha value is -3.62. The van der Waals surface area contributed by atoms with Gasteiger partial charge in [0, 0.05) is 28.8 Å². The Bertz CT molecular complexity index is 863. The zero-order valence-corrected chi connectivity index (χ0v) is 13.2. The molecule has 9 nitrogen and oxygen atoms in total. The molecule has 0 saturated heterocycles. The number of nitrogens with zero attached hydrogens (tertiary/aromatic N) is 3. The maximum absolute atomic E-state index is 11.9. The first-order valence-electron chi connectivity index (χ1n) is 7.17. The number of nitro benzene ring substituents is 2. The monoisotopic (exact) mass is 342 g/mol. The first kappa shape index (κ1) is 17.7. The van der Waals surface area contributed by atoms with E-state index in [2.05, 4.69) is 10.5 Å². The summed E-state index contributed by atoms with van der Waals surface area (Å²) in [7, 11) is 0. The molecule has 1 N–H and O–H groups in total. The Morgan fingerprint density at radius 1 is 1.12 bits per heavy atom. The first-order chi connectivity index (χ1) is 11.9. The minimum absolute atomic E-state index is 0.0461. The number of aryl methyl sites for hydroxylation is 1. The second-order valence-corrected chi connectivity index (χ2v) is 5.16. The highest BCUT2D eigenvalue weighted by Crippen LogP contribution is 2.19. The molecule has 9 heteroatoms. The predicted molar refractivity (Wildman–Crippen MR) is 90.4 cm³/mol. The molecular weight excluding hydrogens is 328 g/mol. The van der Waals surface area contributed by atoms with Gasteiger partial charge in [-0.25, -0.2) is 5.43 Å². The van der Waals surface area contributed by atoms with E-state index in [4.69, 9.17) is 0 Å². The molecule has 0 unspecified atom stereocenters. The number of hydrazone groups is 1. The first-order valence-corrected chi connectivity index (χ1v) is 7.17. The number of nitrogens with one attached hydrogen (secondary N) is 1. The molecular formula is C16H14N4O5. The van der Waals surface area contributed by atoms with Gasteiger partial charge in [-0.15, -0.1) is 0 Å². The van der Waals surface area contributed by atoms with Gasteiger partial charge in [0.2, 0.25) is 5.91 Å². The van der Waals surface area contributed by atoms with Crippen LogP contribution in [0.3, 0.4) is 0 Å². The second-order valence-electron chi connectivity index (χ2n) is 5.16. The predicted octanol–water partition coefficient (Wildman–Crippen LogP) is 2.50. The van der Waals surface area contributed by atoms with Crippen LogP contribution in [-0.2, 0) is 11.2 Å². The molecule has 0 fully saturated rings. The quantitative estimate of drug-likeness (QED) is 0.490. The van der Waals surface area contributed by atoms with Gasteiger partial charge in [-0.3, -0.25) is 25.0 Å². The molecule has 128 valence electrons. The van der Waals surface area contributed by atoms with Crippen molar-refractivity contribution in [3.8, 4) is 0 Å². The number of carbonyl (C=O) groups excluding carboxylic acids is 1. The van der Waals surface area contributed by atoms with E-state index in [9.17, 15) is 25.0 Å². The molecule has 0 radical (unpaired) electrons. The van der Waals surface area contributed by atoms with Gasteiger partial charge in [-0.05, 0) is 6.92 Å². The fourth-order valence-corrected chi connectivity index (χ4v) is 2.13. The number of para-hydroxylation sites is 1. The van der Waals surface area contributed by atoms with Crippen molar-refractivity contribution in [3.05, 3.63) is 79.4 Å². The molecule has 0 aliphatic carbocycles.